The van der Waals surface area contributed by atoms with Gasteiger partial charge in [-0.1, -0.05) is 6.07 Å². The molecule has 7 nitrogen and oxygen atoms in total. The third kappa shape index (κ3) is 3.31. The monoisotopic (exact) mass is 273 g/mol. The number of nitrogen functional groups attached to an aromatic ring is 1. The predicted molar refractivity (Wildman–Crippen MR) is 79.5 cm³/mol. The number of nitrogens with zero attached hydrogens (tertiary/aromatic N) is 6. The van der Waals surface area contributed by atoms with E-state index in [1.807, 2.05) is 44.1 Å². The molecule has 0 unspecified atom stereocenters. The highest BCUT2D eigenvalue weighted by molar-refractivity contribution is 5.42. The van der Waals surface area contributed by atoms with E-state index < -0.39 is 0 Å². The third-order valence-electron chi connectivity index (χ3n) is 2.77. The minimum absolute atomic E-state index is 0.221. The van der Waals surface area contributed by atoms with Crippen LogP contribution in [0.2, 0.25) is 0 Å². The fraction of sp³-hybridized carbons (Fsp3) is 0.385. The van der Waals surface area contributed by atoms with Crippen LogP contribution in [0.4, 0.5) is 17.8 Å². The first-order valence-corrected chi connectivity index (χ1v) is 6.44. The number of rotatable bonds is 5. The molecule has 20 heavy (non-hydrogen) atoms. The van der Waals surface area contributed by atoms with Crippen LogP contribution in [0, 0.1) is 0 Å². The third-order valence-corrected chi connectivity index (χ3v) is 2.77. The molecule has 0 amide bonds. The lowest BCUT2D eigenvalue weighted by molar-refractivity contribution is 0.767. The van der Waals surface area contributed by atoms with E-state index in [2.05, 4.69) is 19.9 Å². The zero-order chi connectivity index (χ0) is 14.5. The second-order valence-corrected chi connectivity index (χ2v) is 4.52. The van der Waals surface area contributed by atoms with Crippen LogP contribution in [0.15, 0.2) is 24.4 Å². The molecule has 0 bridgehead atoms. The first-order chi connectivity index (χ1) is 9.60. The number of nitrogens with two attached hydrogens (primary N) is 1. The first kappa shape index (κ1) is 14.0. The molecule has 0 atom stereocenters. The van der Waals surface area contributed by atoms with Crippen molar-refractivity contribution in [3.8, 4) is 0 Å². The lowest BCUT2D eigenvalue weighted by Crippen LogP contribution is -2.26. The summed E-state index contributed by atoms with van der Waals surface area (Å²) in [4.78, 5) is 20.9. The number of hydrogen-bond acceptors (Lipinski definition) is 7. The van der Waals surface area contributed by atoms with Crippen LogP contribution in [0.5, 0.6) is 0 Å². The van der Waals surface area contributed by atoms with E-state index in [9.17, 15) is 0 Å². The Bertz CT molecular complexity index is 556. The van der Waals surface area contributed by atoms with Gasteiger partial charge < -0.3 is 15.5 Å². The zero-order valence-corrected chi connectivity index (χ0v) is 12.0. The van der Waals surface area contributed by atoms with Gasteiger partial charge in [-0.05, 0) is 19.1 Å². The standard InChI is InChI=1S/C13H19N7/c1-4-20(9-10-7-5-6-8-15-10)13-17-11(14)16-12(18-13)19(2)3/h5-8H,4,9H2,1-3H3,(H2,14,16,17,18). The van der Waals surface area contributed by atoms with E-state index in [0.717, 1.165) is 12.2 Å². The molecule has 0 aliphatic rings. The van der Waals surface area contributed by atoms with E-state index >= 15 is 0 Å². The molecular formula is C13H19N7. The van der Waals surface area contributed by atoms with Crippen molar-refractivity contribution in [2.45, 2.75) is 13.5 Å². The largest absolute Gasteiger partial charge is 0.368 e. The molecule has 2 N–H and O–H groups in total. The van der Waals surface area contributed by atoms with E-state index in [4.69, 9.17) is 5.73 Å². The van der Waals surface area contributed by atoms with Crippen LogP contribution in [-0.2, 0) is 6.54 Å². The SMILES string of the molecule is CCN(Cc1ccccn1)c1nc(N)nc(N(C)C)n1. The second kappa shape index (κ2) is 6.14. The van der Waals surface area contributed by atoms with Crippen molar-refractivity contribution in [2.75, 3.05) is 36.2 Å². The molecule has 0 aliphatic heterocycles. The van der Waals surface area contributed by atoms with Crippen LogP contribution in [-0.4, -0.2) is 40.6 Å². The maximum Gasteiger partial charge on any atom is 0.232 e. The van der Waals surface area contributed by atoms with E-state index in [1.165, 1.54) is 0 Å². The quantitative estimate of drug-likeness (QED) is 0.867. The highest BCUT2D eigenvalue weighted by Crippen LogP contribution is 2.15. The summed E-state index contributed by atoms with van der Waals surface area (Å²) in [5, 5.41) is 0. The average molecular weight is 273 g/mol. The van der Waals surface area contributed by atoms with Gasteiger partial charge >= 0.3 is 0 Å². The molecule has 2 rings (SSSR count). The van der Waals surface area contributed by atoms with Crippen molar-refractivity contribution in [3.05, 3.63) is 30.1 Å². The average Bonchev–Trinajstić information content (AvgIpc) is 2.45. The summed E-state index contributed by atoms with van der Waals surface area (Å²) < 4.78 is 0. The molecule has 106 valence electrons. The van der Waals surface area contributed by atoms with Gasteiger partial charge in [-0.3, -0.25) is 4.98 Å². The maximum absolute atomic E-state index is 5.75. The predicted octanol–water partition coefficient (Wildman–Crippen LogP) is 0.941. The second-order valence-electron chi connectivity index (χ2n) is 4.52. The Kier molecular flexibility index (Phi) is 4.29. The smallest absolute Gasteiger partial charge is 0.232 e. The van der Waals surface area contributed by atoms with Crippen molar-refractivity contribution < 1.29 is 0 Å². The Hall–Kier alpha value is -2.44. The maximum atomic E-state index is 5.75. The van der Waals surface area contributed by atoms with Gasteiger partial charge in [0.25, 0.3) is 0 Å². The van der Waals surface area contributed by atoms with Crippen LogP contribution >= 0.6 is 0 Å². The Balaban J connectivity index is 2.27. The first-order valence-electron chi connectivity index (χ1n) is 6.44. The minimum Gasteiger partial charge on any atom is -0.368 e. The number of pyridine rings is 1. The fourth-order valence-electron chi connectivity index (χ4n) is 1.72. The zero-order valence-electron chi connectivity index (χ0n) is 12.0. The number of hydrogen-bond donors (Lipinski definition) is 1. The van der Waals surface area contributed by atoms with Gasteiger partial charge in [0.1, 0.15) is 0 Å². The molecule has 2 aromatic rings. The summed E-state index contributed by atoms with van der Waals surface area (Å²) in [5.74, 6) is 1.33. The summed E-state index contributed by atoms with van der Waals surface area (Å²) in [6, 6.07) is 5.83. The molecular weight excluding hydrogens is 254 g/mol. The van der Waals surface area contributed by atoms with Gasteiger partial charge in [0, 0.05) is 26.8 Å². The Labute approximate surface area is 118 Å². The van der Waals surface area contributed by atoms with Crippen molar-refractivity contribution in [1.29, 1.82) is 0 Å². The van der Waals surface area contributed by atoms with Crippen molar-refractivity contribution in [1.82, 2.24) is 19.9 Å². The van der Waals surface area contributed by atoms with Crippen molar-refractivity contribution in [3.63, 3.8) is 0 Å². The molecule has 0 saturated heterocycles. The van der Waals surface area contributed by atoms with Gasteiger partial charge in [0.2, 0.25) is 17.8 Å². The van der Waals surface area contributed by atoms with Crippen LogP contribution < -0.4 is 15.5 Å². The molecule has 2 heterocycles. The van der Waals surface area contributed by atoms with Gasteiger partial charge in [-0.25, -0.2) is 0 Å². The molecule has 0 saturated carbocycles. The molecule has 7 heteroatoms. The molecule has 0 radical (unpaired) electrons. The highest BCUT2D eigenvalue weighted by atomic mass is 15.3. The normalized spacial score (nSPS) is 10.3. The van der Waals surface area contributed by atoms with Gasteiger partial charge in [-0.2, -0.15) is 15.0 Å². The van der Waals surface area contributed by atoms with Gasteiger partial charge in [0.15, 0.2) is 0 Å². The summed E-state index contributed by atoms with van der Waals surface area (Å²) in [5.41, 5.74) is 6.71. The fourth-order valence-corrected chi connectivity index (χ4v) is 1.72. The molecule has 0 fully saturated rings. The molecule has 0 spiro atoms. The summed E-state index contributed by atoms with van der Waals surface area (Å²) in [6.45, 7) is 3.43. The van der Waals surface area contributed by atoms with Crippen molar-refractivity contribution in [2.24, 2.45) is 0 Å². The summed E-state index contributed by atoms with van der Waals surface area (Å²) in [7, 11) is 3.74. The molecule has 2 aromatic heterocycles. The van der Waals surface area contributed by atoms with Crippen molar-refractivity contribution >= 4 is 17.8 Å². The summed E-state index contributed by atoms with van der Waals surface area (Å²) in [6.07, 6.45) is 1.77. The Morgan fingerprint density at radius 3 is 2.45 bits per heavy atom. The molecule has 0 aliphatic carbocycles. The van der Waals surface area contributed by atoms with Crippen LogP contribution in [0.25, 0.3) is 0 Å². The van der Waals surface area contributed by atoms with Gasteiger partial charge in [-0.15, -0.1) is 0 Å². The minimum atomic E-state index is 0.221. The lowest BCUT2D eigenvalue weighted by atomic mass is 10.3. The summed E-state index contributed by atoms with van der Waals surface area (Å²) >= 11 is 0. The Morgan fingerprint density at radius 2 is 1.85 bits per heavy atom. The highest BCUT2D eigenvalue weighted by Gasteiger charge is 2.13. The number of anilines is 3. The van der Waals surface area contributed by atoms with E-state index in [-0.39, 0.29) is 5.95 Å². The van der Waals surface area contributed by atoms with E-state index in [1.54, 1.807) is 11.1 Å². The Morgan fingerprint density at radius 1 is 1.10 bits per heavy atom. The van der Waals surface area contributed by atoms with Gasteiger partial charge in [0.05, 0.1) is 12.2 Å². The molecule has 0 aromatic carbocycles. The number of aromatic nitrogens is 4. The topological polar surface area (TPSA) is 84.1 Å². The van der Waals surface area contributed by atoms with Crippen LogP contribution in [0.3, 0.4) is 0 Å². The lowest BCUT2D eigenvalue weighted by Gasteiger charge is -2.21. The van der Waals surface area contributed by atoms with E-state index in [0.29, 0.717) is 18.4 Å². The van der Waals surface area contributed by atoms with Crippen LogP contribution in [0.1, 0.15) is 12.6 Å².